The summed E-state index contributed by atoms with van der Waals surface area (Å²) in [5.41, 5.74) is 6.85. The monoisotopic (exact) mass is 509 g/mol. The molecule has 0 unspecified atom stereocenters. The predicted molar refractivity (Wildman–Crippen MR) is 148 cm³/mol. The number of nitrogens with zero attached hydrogens (tertiary/aromatic N) is 5. The molecule has 0 aliphatic heterocycles. The molecule has 0 atom stereocenters. The number of hydrogen-bond acceptors (Lipinski definition) is 5. The lowest BCUT2D eigenvalue weighted by Gasteiger charge is -2.12. The number of likely N-dealkylation sites (N-methyl/N-ethyl adjacent to an activating group) is 1. The van der Waals surface area contributed by atoms with Crippen molar-refractivity contribution in [2.45, 2.75) is 6.92 Å². The zero-order valence-corrected chi connectivity index (χ0v) is 21.7. The summed E-state index contributed by atoms with van der Waals surface area (Å²) in [5, 5.41) is 9.49. The molecule has 2 N–H and O–H groups in total. The highest BCUT2D eigenvalue weighted by atomic mass is 19.1. The number of ether oxygens (including phenoxy) is 1. The van der Waals surface area contributed by atoms with E-state index >= 15 is 0 Å². The van der Waals surface area contributed by atoms with Crippen LogP contribution in [0.4, 0.5) is 4.39 Å². The minimum absolute atomic E-state index is 0.336. The van der Waals surface area contributed by atoms with Crippen LogP contribution in [0.2, 0.25) is 0 Å². The Kier molecular flexibility index (Phi) is 5.92. The first kappa shape index (κ1) is 23.9. The standard InChI is InChI=1S/C29H28FN7O/c1-17-31-16-27(37(17)4)19-12-24-28(34-35-29(24)32-15-19)26-14-23-22(6-5-7-25(23)33-26)18-10-20(30)13-21(11-18)38-9-8-36(2)3/h5-7,10-16,33H,8-9H2,1-4H3,(H,32,34,35). The average Bonchev–Trinajstić information content (AvgIpc) is 3.59. The van der Waals surface area contributed by atoms with Crippen molar-refractivity contribution in [3.05, 3.63) is 72.6 Å². The van der Waals surface area contributed by atoms with Crippen LogP contribution in [0.5, 0.6) is 5.75 Å². The van der Waals surface area contributed by atoms with E-state index < -0.39 is 0 Å². The molecular weight excluding hydrogens is 481 g/mol. The largest absolute Gasteiger partial charge is 0.492 e. The number of halogens is 1. The zero-order valence-electron chi connectivity index (χ0n) is 21.7. The van der Waals surface area contributed by atoms with Crippen molar-refractivity contribution in [3.8, 4) is 39.5 Å². The van der Waals surface area contributed by atoms with Crippen molar-refractivity contribution < 1.29 is 9.13 Å². The number of hydrogen-bond donors (Lipinski definition) is 2. The lowest BCUT2D eigenvalue weighted by atomic mass is 10.0. The highest BCUT2D eigenvalue weighted by Crippen LogP contribution is 2.36. The lowest BCUT2D eigenvalue weighted by Crippen LogP contribution is -2.19. The van der Waals surface area contributed by atoms with E-state index in [-0.39, 0.29) is 5.82 Å². The summed E-state index contributed by atoms with van der Waals surface area (Å²) < 4.78 is 22.4. The number of benzene rings is 2. The summed E-state index contributed by atoms with van der Waals surface area (Å²) in [6, 6.07) is 14.9. The van der Waals surface area contributed by atoms with Gasteiger partial charge in [-0.1, -0.05) is 12.1 Å². The molecule has 38 heavy (non-hydrogen) atoms. The average molecular weight is 510 g/mol. The van der Waals surface area contributed by atoms with Gasteiger partial charge >= 0.3 is 0 Å². The number of rotatable bonds is 7. The van der Waals surface area contributed by atoms with E-state index in [1.54, 1.807) is 0 Å². The van der Waals surface area contributed by atoms with Gasteiger partial charge in [0, 0.05) is 47.7 Å². The Hall–Kier alpha value is -4.50. The molecule has 4 aromatic heterocycles. The molecule has 0 aliphatic rings. The molecule has 9 heteroatoms. The second-order valence-corrected chi connectivity index (χ2v) is 9.72. The van der Waals surface area contributed by atoms with E-state index in [0.717, 1.165) is 62.4 Å². The number of aryl methyl sites for hydroxylation is 1. The first-order chi connectivity index (χ1) is 18.4. The smallest absolute Gasteiger partial charge is 0.155 e. The van der Waals surface area contributed by atoms with Gasteiger partial charge < -0.3 is 19.2 Å². The lowest BCUT2D eigenvalue weighted by molar-refractivity contribution is 0.260. The fraction of sp³-hybridized carbons (Fsp3) is 0.207. The van der Waals surface area contributed by atoms with Crippen LogP contribution in [0.25, 0.3) is 55.7 Å². The second kappa shape index (κ2) is 9.42. The third-order valence-electron chi connectivity index (χ3n) is 6.84. The van der Waals surface area contributed by atoms with Crippen LogP contribution >= 0.6 is 0 Å². The van der Waals surface area contributed by atoms with Gasteiger partial charge in [-0.05, 0) is 62.5 Å². The van der Waals surface area contributed by atoms with Gasteiger partial charge in [-0.25, -0.2) is 14.4 Å². The molecule has 0 saturated heterocycles. The molecule has 0 radical (unpaired) electrons. The topological polar surface area (TPSA) is 87.7 Å². The van der Waals surface area contributed by atoms with E-state index in [0.29, 0.717) is 18.0 Å². The van der Waals surface area contributed by atoms with Gasteiger partial charge in [0.15, 0.2) is 5.65 Å². The number of H-pyrrole nitrogens is 2. The Balaban J connectivity index is 1.41. The van der Waals surface area contributed by atoms with Crippen LogP contribution in [0.15, 0.2) is 60.9 Å². The van der Waals surface area contributed by atoms with Gasteiger partial charge in [-0.3, -0.25) is 5.10 Å². The second-order valence-electron chi connectivity index (χ2n) is 9.72. The first-order valence-corrected chi connectivity index (χ1v) is 12.4. The molecule has 4 heterocycles. The maximum atomic E-state index is 14.6. The summed E-state index contributed by atoms with van der Waals surface area (Å²) in [6.45, 7) is 3.20. The number of imidazole rings is 1. The van der Waals surface area contributed by atoms with Crippen molar-refractivity contribution in [2.75, 3.05) is 27.2 Å². The summed E-state index contributed by atoms with van der Waals surface area (Å²) >= 11 is 0. The number of nitrogens with one attached hydrogen (secondary N) is 2. The van der Waals surface area contributed by atoms with Crippen molar-refractivity contribution in [1.82, 2.24) is 34.6 Å². The molecule has 0 saturated carbocycles. The van der Waals surface area contributed by atoms with Crippen LogP contribution in [0, 0.1) is 12.7 Å². The summed E-state index contributed by atoms with van der Waals surface area (Å²) in [6.07, 6.45) is 3.68. The third-order valence-corrected chi connectivity index (χ3v) is 6.84. The Labute approximate surface area is 219 Å². The molecule has 0 bridgehead atoms. The molecule has 0 fully saturated rings. The maximum Gasteiger partial charge on any atom is 0.155 e. The van der Waals surface area contributed by atoms with Crippen molar-refractivity contribution >= 4 is 21.9 Å². The van der Waals surface area contributed by atoms with Crippen LogP contribution in [0.3, 0.4) is 0 Å². The molecular formula is C29H28FN7O. The van der Waals surface area contributed by atoms with Crippen molar-refractivity contribution in [1.29, 1.82) is 0 Å². The summed E-state index contributed by atoms with van der Waals surface area (Å²) in [7, 11) is 5.94. The first-order valence-electron chi connectivity index (χ1n) is 12.4. The highest BCUT2D eigenvalue weighted by Gasteiger charge is 2.16. The predicted octanol–water partition coefficient (Wildman–Crippen LogP) is 5.56. The molecule has 6 aromatic rings. The van der Waals surface area contributed by atoms with Crippen LogP contribution in [0.1, 0.15) is 5.82 Å². The molecule has 8 nitrogen and oxygen atoms in total. The van der Waals surface area contributed by atoms with E-state index in [2.05, 4.69) is 37.3 Å². The Morgan fingerprint density at radius 3 is 2.66 bits per heavy atom. The fourth-order valence-corrected chi connectivity index (χ4v) is 4.70. The minimum atomic E-state index is -0.336. The molecule has 192 valence electrons. The van der Waals surface area contributed by atoms with Gasteiger partial charge in [-0.15, -0.1) is 0 Å². The number of aromatic nitrogens is 6. The normalized spacial score (nSPS) is 11.7. The Morgan fingerprint density at radius 1 is 1.00 bits per heavy atom. The van der Waals surface area contributed by atoms with Crippen molar-refractivity contribution in [2.24, 2.45) is 7.05 Å². The molecule has 6 rings (SSSR count). The maximum absolute atomic E-state index is 14.6. The van der Waals surface area contributed by atoms with Crippen LogP contribution in [-0.2, 0) is 7.05 Å². The zero-order chi connectivity index (χ0) is 26.4. The Morgan fingerprint density at radius 2 is 1.87 bits per heavy atom. The summed E-state index contributed by atoms with van der Waals surface area (Å²) in [5.74, 6) is 1.11. The molecule has 0 spiro atoms. The van der Waals surface area contributed by atoms with E-state index in [4.69, 9.17) is 4.74 Å². The summed E-state index contributed by atoms with van der Waals surface area (Å²) in [4.78, 5) is 14.5. The molecule has 2 aromatic carbocycles. The highest BCUT2D eigenvalue weighted by molar-refractivity contribution is 6.01. The fourth-order valence-electron chi connectivity index (χ4n) is 4.70. The quantitative estimate of drug-likeness (QED) is 0.294. The van der Waals surface area contributed by atoms with E-state index in [1.807, 2.05) is 74.2 Å². The van der Waals surface area contributed by atoms with Gasteiger partial charge in [0.1, 0.15) is 29.7 Å². The number of fused-ring (bicyclic) bond motifs is 2. The minimum Gasteiger partial charge on any atom is -0.492 e. The van der Waals surface area contributed by atoms with Crippen LogP contribution < -0.4 is 4.74 Å². The number of pyridine rings is 1. The molecule has 0 aliphatic carbocycles. The van der Waals surface area contributed by atoms with Crippen molar-refractivity contribution in [3.63, 3.8) is 0 Å². The Bertz CT molecular complexity index is 1780. The number of aromatic amines is 2. The van der Waals surface area contributed by atoms with Gasteiger partial charge in [0.25, 0.3) is 0 Å². The van der Waals surface area contributed by atoms with Crippen LogP contribution in [-0.4, -0.2) is 61.9 Å². The van der Waals surface area contributed by atoms with Gasteiger partial charge in [0.2, 0.25) is 0 Å². The third kappa shape index (κ3) is 4.31. The van der Waals surface area contributed by atoms with Gasteiger partial charge in [-0.2, -0.15) is 5.10 Å². The van der Waals surface area contributed by atoms with E-state index in [9.17, 15) is 4.39 Å². The molecule has 0 amide bonds. The van der Waals surface area contributed by atoms with E-state index in [1.165, 1.54) is 12.1 Å². The van der Waals surface area contributed by atoms with Gasteiger partial charge in [0.05, 0.1) is 17.6 Å². The SMILES string of the molecule is Cc1ncc(-c2cnc3[nH]nc(-c4cc5c(-c6cc(F)cc(OCCN(C)C)c6)cccc5[nH]4)c3c2)n1C.